The molecule has 4 heteroatoms. The van der Waals surface area contributed by atoms with Gasteiger partial charge in [-0.25, -0.2) is 0 Å². The van der Waals surface area contributed by atoms with Gasteiger partial charge in [0.2, 0.25) is 0 Å². The summed E-state index contributed by atoms with van der Waals surface area (Å²) in [7, 11) is 2.70. The first kappa shape index (κ1) is 6.74. The third-order valence-corrected chi connectivity index (χ3v) is 3.63. The molecule has 0 radical (unpaired) electrons. The summed E-state index contributed by atoms with van der Waals surface area (Å²) in [5, 5.41) is 17.7. The summed E-state index contributed by atoms with van der Waals surface area (Å²) in [5.74, 6) is 0. The molecule has 0 aromatic heterocycles. The second-order valence-corrected chi connectivity index (χ2v) is 4.31. The zero-order chi connectivity index (χ0) is 5.98. The van der Waals surface area contributed by atoms with Crippen molar-refractivity contribution in [3.63, 3.8) is 0 Å². The predicted octanol–water partition coefficient (Wildman–Crippen LogP) is 0.798. The standard InChI is InChI=1S/C4H8O2S2/c5-3-1-2-4(6)8-7-3/h3-6H,1-2H2. The first-order valence-corrected chi connectivity index (χ1v) is 4.75. The van der Waals surface area contributed by atoms with E-state index in [1.807, 2.05) is 0 Å². The molecule has 8 heavy (non-hydrogen) atoms. The Balaban J connectivity index is 2.19. The summed E-state index contributed by atoms with van der Waals surface area (Å²) >= 11 is 0. The fourth-order valence-electron chi connectivity index (χ4n) is 0.510. The van der Waals surface area contributed by atoms with Gasteiger partial charge in [-0.2, -0.15) is 0 Å². The highest BCUT2D eigenvalue weighted by atomic mass is 33.1. The van der Waals surface area contributed by atoms with E-state index in [1.54, 1.807) is 0 Å². The van der Waals surface area contributed by atoms with Crippen LogP contribution in [0.4, 0.5) is 0 Å². The molecule has 2 N–H and O–H groups in total. The lowest BCUT2D eigenvalue weighted by Crippen LogP contribution is -2.11. The molecule has 0 aliphatic carbocycles. The van der Waals surface area contributed by atoms with E-state index in [4.69, 9.17) is 10.2 Å². The normalized spacial score (nSPS) is 39.8. The third kappa shape index (κ3) is 1.85. The minimum atomic E-state index is -0.261. The number of hydrogen-bond acceptors (Lipinski definition) is 4. The molecule has 1 aliphatic rings. The maximum Gasteiger partial charge on any atom is 0.109 e. The Kier molecular flexibility index (Phi) is 2.49. The van der Waals surface area contributed by atoms with Crippen molar-refractivity contribution in [1.82, 2.24) is 0 Å². The van der Waals surface area contributed by atoms with Crippen LogP contribution in [-0.4, -0.2) is 21.1 Å². The lowest BCUT2D eigenvalue weighted by atomic mass is 10.3. The molecule has 0 bridgehead atoms. The van der Waals surface area contributed by atoms with Gasteiger partial charge >= 0.3 is 0 Å². The minimum Gasteiger partial charge on any atom is -0.382 e. The molecule has 1 fully saturated rings. The minimum absolute atomic E-state index is 0.261. The van der Waals surface area contributed by atoms with Crippen molar-refractivity contribution in [2.45, 2.75) is 23.7 Å². The number of aliphatic hydroxyl groups excluding tert-OH is 2. The zero-order valence-corrected chi connectivity index (χ0v) is 5.91. The van der Waals surface area contributed by atoms with Gasteiger partial charge in [-0.3, -0.25) is 0 Å². The van der Waals surface area contributed by atoms with Crippen LogP contribution < -0.4 is 0 Å². The second kappa shape index (κ2) is 2.96. The molecular weight excluding hydrogens is 144 g/mol. The van der Waals surface area contributed by atoms with E-state index in [2.05, 4.69) is 0 Å². The Morgan fingerprint density at radius 2 is 1.38 bits per heavy atom. The van der Waals surface area contributed by atoms with E-state index in [9.17, 15) is 0 Å². The molecule has 0 saturated carbocycles. The molecule has 0 spiro atoms. The van der Waals surface area contributed by atoms with Crippen molar-refractivity contribution in [3.8, 4) is 0 Å². The zero-order valence-electron chi connectivity index (χ0n) is 4.28. The smallest absolute Gasteiger partial charge is 0.109 e. The number of rotatable bonds is 0. The maximum absolute atomic E-state index is 8.86. The summed E-state index contributed by atoms with van der Waals surface area (Å²) in [6, 6.07) is 0. The Labute approximate surface area is 56.1 Å². The van der Waals surface area contributed by atoms with Gasteiger partial charge in [0.05, 0.1) is 0 Å². The van der Waals surface area contributed by atoms with Crippen molar-refractivity contribution in [3.05, 3.63) is 0 Å². The topological polar surface area (TPSA) is 40.5 Å². The maximum atomic E-state index is 8.86. The van der Waals surface area contributed by atoms with Gasteiger partial charge in [0.1, 0.15) is 10.9 Å². The molecule has 1 heterocycles. The molecule has 2 unspecified atom stereocenters. The average molecular weight is 152 g/mol. The molecule has 1 saturated heterocycles. The lowest BCUT2D eigenvalue weighted by molar-refractivity contribution is 0.201. The van der Waals surface area contributed by atoms with E-state index >= 15 is 0 Å². The van der Waals surface area contributed by atoms with Crippen LogP contribution in [0, 0.1) is 0 Å². The van der Waals surface area contributed by atoms with Crippen LogP contribution in [0.15, 0.2) is 0 Å². The summed E-state index contributed by atoms with van der Waals surface area (Å²) in [4.78, 5) is 0. The Hall–Kier alpha value is 0.620. The fraction of sp³-hybridized carbons (Fsp3) is 1.00. The Morgan fingerprint density at radius 3 is 1.62 bits per heavy atom. The van der Waals surface area contributed by atoms with Gasteiger partial charge in [0.15, 0.2) is 0 Å². The highest BCUT2D eigenvalue weighted by Crippen LogP contribution is 2.37. The number of aliphatic hydroxyl groups is 2. The van der Waals surface area contributed by atoms with Gasteiger partial charge in [-0.15, -0.1) is 0 Å². The van der Waals surface area contributed by atoms with Gasteiger partial charge in [-0.1, -0.05) is 21.6 Å². The monoisotopic (exact) mass is 152 g/mol. The summed E-state index contributed by atoms with van der Waals surface area (Å²) in [5.41, 5.74) is -0.521. The van der Waals surface area contributed by atoms with Crippen molar-refractivity contribution >= 4 is 21.6 Å². The van der Waals surface area contributed by atoms with Crippen LogP contribution >= 0.6 is 21.6 Å². The molecule has 2 nitrogen and oxygen atoms in total. The van der Waals surface area contributed by atoms with E-state index in [0.29, 0.717) is 0 Å². The van der Waals surface area contributed by atoms with Crippen LogP contribution in [0.1, 0.15) is 12.8 Å². The highest BCUT2D eigenvalue weighted by Gasteiger charge is 2.17. The van der Waals surface area contributed by atoms with E-state index in [1.165, 1.54) is 21.6 Å². The molecule has 48 valence electrons. The molecule has 0 amide bonds. The average Bonchev–Trinajstić information content (AvgIpc) is 1.77. The molecular formula is C4H8O2S2. The highest BCUT2D eigenvalue weighted by molar-refractivity contribution is 8.77. The van der Waals surface area contributed by atoms with Crippen LogP contribution in [0.3, 0.4) is 0 Å². The van der Waals surface area contributed by atoms with Crippen molar-refractivity contribution in [1.29, 1.82) is 0 Å². The SMILES string of the molecule is OC1CCC(O)SS1. The van der Waals surface area contributed by atoms with Gasteiger partial charge in [-0.05, 0) is 12.8 Å². The van der Waals surface area contributed by atoms with Crippen LogP contribution in [0.25, 0.3) is 0 Å². The quantitative estimate of drug-likeness (QED) is 0.504. The first-order chi connectivity index (χ1) is 3.79. The Morgan fingerprint density at radius 1 is 1.00 bits per heavy atom. The lowest BCUT2D eigenvalue weighted by Gasteiger charge is -2.18. The van der Waals surface area contributed by atoms with E-state index < -0.39 is 0 Å². The molecule has 0 aromatic carbocycles. The summed E-state index contributed by atoms with van der Waals surface area (Å²) in [6.07, 6.45) is 1.44. The summed E-state index contributed by atoms with van der Waals surface area (Å²) < 4.78 is 0. The third-order valence-electron chi connectivity index (χ3n) is 0.938. The van der Waals surface area contributed by atoms with Crippen molar-refractivity contribution in [2.75, 3.05) is 0 Å². The first-order valence-electron chi connectivity index (χ1n) is 2.47. The molecule has 1 rings (SSSR count). The number of hydrogen-bond donors (Lipinski definition) is 2. The second-order valence-electron chi connectivity index (χ2n) is 1.68. The van der Waals surface area contributed by atoms with Gasteiger partial charge < -0.3 is 10.2 Å². The molecule has 1 aliphatic heterocycles. The Bertz CT molecular complexity index is 60.4. The molecule has 2 atom stereocenters. The van der Waals surface area contributed by atoms with Crippen LogP contribution in [0.5, 0.6) is 0 Å². The van der Waals surface area contributed by atoms with Crippen molar-refractivity contribution in [2.24, 2.45) is 0 Å². The predicted molar refractivity (Wildman–Crippen MR) is 36.4 cm³/mol. The van der Waals surface area contributed by atoms with Gasteiger partial charge in [0.25, 0.3) is 0 Å². The fourth-order valence-corrected chi connectivity index (χ4v) is 2.58. The van der Waals surface area contributed by atoms with Gasteiger partial charge in [0, 0.05) is 0 Å². The molecule has 0 aromatic rings. The van der Waals surface area contributed by atoms with Crippen LogP contribution in [0.2, 0.25) is 0 Å². The van der Waals surface area contributed by atoms with Crippen molar-refractivity contribution < 1.29 is 10.2 Å². The van der Waals surface area contributed by atoms with Crippen LogP contribution in [-0.2, 0) is 0 Å². The largest absolute Gasteiger partial charge is 0.382 e. The van der Waals surface area contributed by atoms with E-state index in [0.717, 1.165) is 12.8 Å². The summed E-state index contributed by atoms with van der Waals surface area (Å²) in [6.45, 7) is 0. The van der Waals surface area contributed by atoms with E-state index in [-0.39, 0.29) is 10.9 Å².